The minimum atomic E-state index is -0.847. The van der Waals surface area contributed by atoms with Gasteiger partial charge in [0.25, 0.3) is 0 Å². The Balaban J connectivity index is 1.82. The number of aliphatic imine (C=N–C) groups is 1. The van der Waals surface area contributed by atoms with Crippen LogP contribution >= 0.6 is 34.7 Å². The minimum absolute atomic E-state index is 0.121. The van der Waals surface area contributed by atoms with E-state index in [-0.39, 0.29) is 29.3 Å². The molecule has 2 heterocycles. The van der Waals surface area contributed by atoms with Crippen LogP contribution in [0.2, 0.25) is 5.02 Å². The van der Waals surface area contributed by atoms with Gasteiger partial charge in [-0.2, -0.15) is 0 Å². The molecular formula is C28H30ClFN4O4S2. The number of aryl methyl sites for hydroxylation is 1. The van der Waals surface area contributed by atoms with Gasteiger partial charge in [0.15, 0.2) is 11.5 Å². The molecule has 1 aromatic heterocycles. The van der Waals surface area contributed by atoms with Crippen LogP contribution in [0.4, 0.5) is 10.1 Å². The van der Waals surface area contributed by atoms with Crippen LogP contribution in [0.15, 0.2) is 47.6 Å². The lowest BCUT2D eigenvalue weighted by Gasteiger charge is -2.27. The van der Waals surface area contributed by atoms with E-state index in [1.807, 2.05) is 24.3 Å². The lowest BCUT2D eigenvalue weighted by Crippen LogP contribution is -2.43. The molecule has 1 aliphatic rings. The first-order valence-electron chi connectivity index (χ1n) is 12.4. The number of fused-ring (bicyclic) bond motifs is 1. The number of methoxy groups -OCH3 is 3. The van der Waals surface area contributed by atoms with Gasteiger partial charge in [-0.1, -0.05) is 23.7 Å². The van der Waals surface area contributed by atoms with Crippen molar-refractivity contribution >= 4 is 58.0 Å². The highest BCUT2D eigenvalue weighted by atomic mass is 35.5. The number of thiazole rings is 1. The lowest BCUT2D eigenvalue weighted by molar-refractivity contribution is -0.140. The van der Waals surface area contributed by atoms with Gasteiger partial charge in [0.1, 0.15) is 18.3 Å². The maximum Gasteiger partial charge on any atom is 0.305 e. The molecule has 212 valence electrons. The summed E-state index contributed by atoms with van der Waals surface area (Å²) in [5.41, 5.74) is 2.25. The molecule has 0 saturated heterocycles. The largest absolute Gasteiger partial charge is 0.493 e. The third-order valence-electron chi connectivity index (χ3n) is 6.48. The Morgan fingerprint density at radius 2 is 2.00 bits per heavy atom. The van der Waals surface area contributed by atoms with Crippen LogP contribution in [0.3, 0.4) is 0 Å². The fourth-order valence-electron chi connectivity index (χ4n) is 4.56. The van der Waals surface area contributed by atoms with Crippen molar-refractivity contribution in [2.45, 2.75) is 29.8 Å². The number of nitrogens with zero attached hydrogens (tertiary/aromatic N) is 3. The van der Waals surface area contributed by atoms with Gasteiger partial charge in [-0.15, -0.1) is 23.1 Å². The Labute approximate surface area is 246 Å². The van der Waals surface area contributed by atoms with Crippen LogP contribution < -0.4 is 14.4 Å². The van der Waals surface area contributed by atoms with E-state index in [0.29, 0.717) is 35.1 Å². The van der Waals surface area contributed by atoms with Gasteiger partial charge >= 0.3 is 5.97 Å². The molecule has 40 heavy (non-hydrogen) atoms. The molecule has 0 saturated carbocycles. The average Bonchev–Trinajstić information content (AvgIpc) is 3.39. The molecule has 0 amide bonds. The number of esters is 1. The van der Waals surface area contributed by atoms with Gasteiger partial charge in [-0.05, 0) is 36.2 Å². The third kappa shape index (κ3) is 6.26. The number of amidine groups is 2. The van der Waals surface area contributed by atoms with E-state index >= 15 is 0 Å². The smallest absolute Gasteiger partial charge is 0.305 e. The monoisotopic (exact) mass is 604 g/mol. The second kappa shape index (κ2) is 13.5. The summed E-state index contributed by atoms with van der Waals surface area (Å²) in [6.07, 6.45) is 2.95. The molecule has 2 atom stereocenters. The summed E-state index contributed by atoms with van der Waals surface area (Å²) in [5, 5.41) is 9.84. The Kier molecular flexibility index (Phi) is 10.0. The number of carbonyl (C=O) groups excluding carboxylic acids is 1. The molecule has 0 aliphatic carbocycles. The average molecular weight is 605 g/mol. The molecule has 2 aromatic carbocycles. The van der Waals surface area contributed by atoms with Crippen LogP contribution in [0, 0.1) is 5.41 Å². The van der Waals surface area contributed by atoms with Crippen LogP contribution in [-0.2, 0) is 22.4 Å². The SMILES string of the molecule is CN=C(CF)N1C(=N)[C@H](Cc2ncc(CCC(=O)OC)s2)S[C@@H](c2cccc(OC)c2OC)c2cc(Cl)ccc21. The van der Waals surface area contributed by atoms with Crippen molar-refractivity contribution in [3.8, 4) is 11.5 Å². The molecular weight excluding hydrogens is 575 g/mol. The van der Waals surface area contributed by atoms with Gasteiger partial charge < -0.3 is 14.2 Å². The molecule has 3 aromatic rings. The molecule has 1 N–H and O–H groups in total. The van der Waals surface area contributed by atoms with Crippen molar-refractivity contribution in [1.29, 1.82) is 5.41 Å². The molecule has 1 aliphatic heterocycles. The number of rotatable bonds is 9. The summed E-state index contributed by atoms with van der Waals surface area (Å²) >= 11 is 9.52. The minimum Gasteiger partial charge on any atom is -0.493 e. The topological polar surface area (TPSA) is 97.1 Å². The number of anilines is 1. The Bertz CT molecular complexity index is 1420. The maximum absolute atomic E-state index is 14.3. The Morgan fingerprint density at radius 3 is 2.67 bits per heavy atom. The summed E-state index contributed by atoms with van der Waals surface area (Å²) in [5.74, 6) is 1.17. The van der Waals surface area contributed by atoms with E-state index in [1.54, 1.807) is 37.4 Å². The number of aromatic nitrogens is 1. The van der Waals surface area contributed by atoms with E-state index < -0.39 is 11.9 Å². The van der Waals surface area contributed by atoms with Gasteiger partial charge in [0, 0.05) is 35.1 Å². The van der Waals surface area contributed by atoms with E-state index in [1.165, 1.54) is 37.3 Å². The van der Waals surface area contributed by atoms with Crippen molar-refractivity contribution in [1.82, 2.24) is 4.98 Å². The van der Waals surface area contributed by atoms with E-state index in [4.69, 9.17) is 25.8 Å². The zero-order chi connectivity index (χ0) is 28.8. The van der Waals surface area contributed by atoms with Crippen molar-refractivity contribution in [3.63, 3.8) is 0 Å². The fraction of sp³-hybridized carbons (Fsp3) is 0.357. The highest BCUT2D eigenvalue weighted by Crippen LogP contribution is 2.51. The summed E-state index contributed by atoms with van der Waals surface area (Å²) in [6, 6.07) is 11.0. The summed E-state index contributed by atoms with van der Waals surface area (Å²) in [4.78, 5) is 22.9. The second-order valence-electron chi connectivity index (χ2n) is 8.79. The van der Waals surface area contributed by atoms with Crippen LogP contribution in [0.1, 0.15) is 32.7 Å². The van der Waals surface area contributed by atoms with E-state index in [0.717, 1.165) is 21.0 Å². The molecule has 0 radical (unpaired) electrons. The number of carbonyl (C=O) groups is 1. The fourth-order valence-corrected chi connectivity index (χ4v) is 7.30. The molecule has 0 bridgehead atoms. The maximum atomic E-state index is 14.3. The standard InChI is InChI=1S/C28H30ClFN4O4S2/c1-32-23(14-30)34-20-10-8-16(29)12-19(20)27(18-6-5-7-21(36-2)26(18)38-4)40-22(28(34)31)13-24-33-15-17(39-24)9-11-25(35)37-3/h5-8,10,12,15,22,27,31H,9,11,13-14H2,1-4H3/t22-,27-/m0/s1. The normalized spacial score (nSPS) is 17.3. The second-order valence-corrected chi connectivity index (χ2v) is 11.7. The van der Waals surface area contributed by atoms with Crippen molar-refractivity contribution in [3.05, 3.63) is 68.6 Å². The molecule has 12 heteroatoms. The molecule has 0 spiro atoms. The summed E-state index contributed by atoms with van der Waals surface area (Å²) in [7, 11) is 6.05. The van der Waals surface area contributed by atoms with Crippen molar-refractivity contribution in [2.24, 2.45) is 4.99 Å². The number of halogens is 2. The van der Waals surface area contributed by atoms with E-state index in [2.05, 4.69) is 9.98 Å². The van der Waals surface area contributed by atoms with Crippen LogP contribution in [0.25, 0.3) is 0 Å². The van der Waals surface area contributed by atoms with Crippen molar-refractivity contribution < 1.29 is 23.4 Å². The van der Waals surface area contributed by atoms with Gasteiger partial charge in [0.05, 0.1) is 48.9 Å². The zero-order valence-electron chi connectivity index (χ0n) is 22.6. The van der Waals surface area contributed by atoms with Crippen molar-refractivity contribution in [2.75, 3.05) is 40.0 Å². The van der Waals surface area contributed by atoms with Crippen LogP contribution in [-0.4, -0.2) is 62.9 Å². The Hall–Kier alpha value is -3.15. The predicted octanol–water partition coefficient (Wildman–Crippen LogP) is 6.15. The number of hydrogen-bond donors (Lipinski definition) is 1. The first-order chi connectivity index (χ1) is 19.3. The third-order valence-corrected chi connectivity index (χ3v) is 9.29. The molecule has 0 fully saturated rings. The lowest BCUT2D eigenvalue weighted by atomic mass is 10.00. The van der Waals surface area contributed by atoms with Gasteiger partial charge in [-0.25, -0.2) is 9.37 Å². The quantitative estimate of drug-likeness (QED) is 0.178. The molecule has 4 rings (SSSR count). The number of nitrogens with one attached hydrogen (secondary N) is 1. The molecule has 8 nitrogen and oxygen atoms in total. The zero-order valence-corrected chi connectivity index (χ0v) is 25.0. The number of para-hydroxylation sites is 1. The highest BCUT2D eigenvalue weighted by molar-refractivity contribution is 8.01. The first-order valence-corrected chi connectivity index (χ1v) is 14.5. The first kappa shape index (κ1) is 29.8. The summed E-state index contributed by atoms with van der Waals surface area (Å²) < 4.78 is 30.4. The number of benzene rings is 2. The predicted molar refractivity (Wildman–Crippen MR) is 160 cm³/mol. The summed E-state index contributed by atoms with van der Waals surface area (Å²) in [6.45, 7) is -0.847. The van der Waals surface area contributed by atoms with E-state index in [9.17, 15) is 14.6 Å². The van der Waals surface area contributed by atoms with Gasteiger partial charge in [-0.3, -0.25) is 20.1 Å². The number of hydrogen-bond acceptors (Lipinski definition) is 9. The number of ether oxygens (including phenoxy) is 3. The van der Waals surface area contributed by atoms with Gasteiger partial charge in [0.2, 0.25) is 0 Å². The molecule has 0 unspecified atom stereocenters. The van der Waals surface area contributed by atoms with Crippen LogP contribution in [0.5, 0.6) is 11.5 Å². The number of thioether (sulfide) groups is 1. The highest BCUT2D eigenvalue weighted by Gasteiger charge is 2.38. The Morgan fingerprint density at radius 1 is 1.20 bits per heavy atom. The number of alkyl halides is 1.